The van der Waals surface area contributed by atoms with E-state index in [9.17, 15) is 0 Å². The Morgan fingerprint density at radius 2 is 2.31 bits per heavy atom. The zero-order valence-corrected chi connectivity index (χ0v) is 8.19. The summed E-state index contributed by atoms with van der Waals surface area (Å²) in [6, 6.07) is 0. The van der Waals surface area contributed by atoms with Gasteiger partial charge in [0.25, 0.3) is 0 Å². The number of halogens is 1. The van der Waals surface area contributed by atoms with Gasteiger partial charge in [0.05, 0.1) is 17.3 Å². The number of pyridine rings is 1. The fourth-order valence-electron chi connectivity index (χ4n) is 1.42. The van der Waals surface area contributed by atoms with Crippen LogP contribution in [0.5, 0.6) is 5.75 Å². The maximum atomic E-state index is 6.07. The summed E-state index contributed by atoms with van der Waals surface area (Å²) < 4.78 is 5.44. The summed E-state index contributed by atoms with van der Waals surface area (Å²) in [5, 5.41) is 0.613. The Bertz CT molecular complexity index is 352. The first-order valence-corrected chi connectivity index (χ1v) is 4.65. The minimum absolute atomic E-state index is 0.509. The summed E-state index contributed by atoms with van der Waals surface area (Å²) in [4.78, 5) is 4.24. The fourth-order valence-corrected chi connectivity index (χ4v) is 1.68. The molecule has 1 aliphatic rings. The molecule has 0 atom stereocenters. The van der Waals surface area contributed by atoms with E-state index < -0.39 is 0 Å². The van der Waals surface area contributed by atoms with E-state index in [0.29, 0.717) is 10.8 Å². The average Bonchev–Trinajstić information content (AvgIpc) is 2.15. The van der Waals surface area contributed by atoms with Gasteiger partial charge in [-0.05, 0) is 19.8 Å². The predicted molar refractivity (Wildman–Crippen MR) is 52.2 cm³/mol. The van der Waals surface area contributed by atoms with Gasteiger partial charge in [0.2, 0.25) is 0 Å². The molecule has 4 heteroatoms. The molecule has 0 amide bonds. The van der Waals surface area contributed by atoms with Gasteiger partial charge in [-0.3, -0.25) is 0 Å². The quantitative estimate of drug-likeness (QED) is 0.693. The van der Waals surface area contributed by atoms with Crippen molar-refractivity contribution in [1.82, 2.24) is 4.98 Å². The molecule has 2 N–H and O–H groups in total. The molecule has 0 aliphatic carbocycles. The average molecular weight is 199 g/mol. The lowest BCUT2D eigenvalue weighted by molar-refractivity contribution is 0.285. The molecule has 0 fully saturated rings. The molecule has 13 heavy (non-hydrogen) atoms. The third-order valence-electron chi connectivity index (χ3n) is 2.23. The maximum absolute atomic E-state index is 6.07. The Labute approximate surface area is 81.9 Å². The molecule has 2 rings (SSSR count). The van der Waals surface area contributed by atoms with Crippen molar-refractivity contribution in [2.75, 3.05) is 12.3 Å². The molecule has 3 nitrogen and oxygen atoms in total. The molecule has 2 heterocycles. The molecule has 70 valence electrons. The third-order valence-corrected chi connectivity index (χ3v) is 2.69. The van der Waals surface area contributed by atoms with Crippen LogP contribution in [0.1, 0.15) is 17.7 Å². The largest absolute Gasteiger partial charge is 0.490 e. The van der Waals surface area contributed by atoms with Crippen molar-refractivity contribution in [3.8, 4) is 5.75 Å². The van der Waals surface area contributed by atoms with Crippen molar-refractivity contribution in [1.29, 1.82) is 0 Å². The van der Waals surface area contributed by atoms with E-state index >= 15 is 0 Å². The summed E-state index contributed by atoms with van der Waals surface area (Å²) in [7, 11) is 0. The van der Waals surface area contributed by atoms with Gasteiger partial charge in [0.1, 0.15) is 5.82 Å². The van der Waals surface area contributed by atoms with Crippen LogP contribution in [-0.2, 0) is 6.42 Å². The van der Waals surface area contributed by atoms with Crippen LogP contribution >= 0.6 is 11.6 Å². The Kier molecular flexibility index (Phi) is 2.04. The molecule has 1 aliphatic heterocycles. The molecule has 0 saturated heterocycles. The minimum atomic E-state index is 0.509. The Morgan fingerprint density at radius 1 is 1.54 bits per heavy atom. The second-order valence-electron chi connectivity index (χ2n) is 3.16. The van der Waals surface area contributed by atoms with Gasteiger partial charge < -0.3 is 10.5 Å². The van der Waals surface area contributed by atoms with Crippen molar-refractivity contribution in [3.05, 3.63) is 16.3 Å². The third kappa shape index (κ3) is 1.33. The topological polar surface area (TPSA) is 48.1 Å². The number of aromatic nitrogens is 1. The standard InChI is InChI=1S/C9H11ClN2O/c1-5-7(10)8-6(12-9(5)11)3-2-4-13-8/h2-4H2,1H3,(H2,11,12). The van der Waals surface area contributed by atoms with Gasteiger partial charge >= 0.3 is 0 Å². The van der Waals surface area contributed by atoms with Crippen LogP contribution in [0.4, 0.5) is 5.82 Å². The lowest BCUT2D eigenvalue weighted by atomic mass is 10.1. The van der Waals surface area contributed by atoms with Crippen LogP contribution in [0.15, 0.2) is 0 Å². The SMILES string of the molecule is Cc1c(N)nc2c(c1Cl)OCCC2. The number of rotatable bonds is 0. The Balaban J connectivity index is 2.60. The normalized spacial score (nSPS) is 14.9. The lowest BCUT2D eigenvalue weighted by Crippen LogP contribution is -2.12. The Hall–Kier alpha value is -0.960. The van der Waals surface area contributed by atoms with Crippen molar-refractivity contribution in [2.45, 2.75) is 19.8 Å². The van der Waals surface area contributed by atoms with Crippen molar-refractivity contribution >= 4 is 17.4 Å². The van der Waals surface area contributed by atoms with Crippen LogP contribution in [0, 0.1) is 6.92 Å². The summed E-state index contributed by atoms with van der Waals surface area (Å²) in [6.45, 7) is 2.57. The summed E-state index contributed by atoms with van der Waals surface area (Å²) in [5.41, 5.74) is 7.39. The maximum Gasteiger partial charge on any atom is 0.159 e. The zero-order chi connectivity index (χ0) is 9.42. The van der Waals surface area contributed by atoms with E-state index in [4.69, 9.17) is 22.1 Å². The summed E-state index contributed by atoms with van der Waals surface area (Å²) in [5.74, 6) is 1.23. The number of nitrogen functional groups attached to an aromatic ring is 1. The number of hydrogen-bond acceptors (Lipinski definition) is 3. The second kappa shape index (κ2) is 3.07. The number of nitrogens with zero attached hydrogens (tertiary/aromatic N) is 1. The second-order valence-corrected chi connectivity index (χ2v) is 3.54. The summed E-state index contributed by atoms with van der Waals surface area (Å²) in [6.07, 6.45) is 1.89. The van der Waals surface area contributed by atoms with Crippen LogP contribution in [0.3, 0.4) is 0 Å². The predicted octanol–water partition coefficient (Wildman–Crippen LogP) is 1.95. The Morgan fingerprint density at radius 3 is 3.08 bits per heavy atom. The number of nitrogens with two attached hydrogens (primary N) is 1. The van der Waals surface area contributed by atoms with Crippen molar-refractivity contribution in [3.63, 3.8) is 0 Å². The van der Waals surface area contributed by atoms with Gasteiger partial charge in [0.15, 0.2) is 5.75 Å². The molecule has 0 unspecified atom stereocenters. The van der Waals surface area contributed by atoms with Crippen LogP contribution in [-0.4, -0.2) is 11.6 Å². The molecule has 0 spiro atoms. The molecule has 1 aromatic heterocycles. The highest BCUT2D eigenvalue weighted by Crippen LogP contribution is 2.35. The van der Waals surface area contributed by atoms with Crippen molar-refractivity contribution < 1.29 is 4.74 Å². The molecular weight excluding hydrogens is 188 g/mol. The molecule has 0 saturated carbocycles. The smallest absolute Gasteiger partial charge is 0.159 e. The lowest BCUT2D eigenvalue weighted by Gasteiger charge is -2.19. The molecular formula is C9H11ClN2O. The number of fused-ring (bicyclic) bond motifs is 1. The number of aryl methyl sites for hydroxylation is 1. The van der Waals surface area contributed by atoms with Crippen LogP contribution < -0.4 is 10.5 Å². The number of anilines is 1. The fraction of sp³-hybridized carbons (Fsp3) is 0.444. The van der Waals surface area contributed by atoms with E-state index in [1.807, 2.05) is 6.92 Å². The molecule has 1 aromatic rings. The van der Waals surface area contributed by atoms with Gasteiger partial charge in [-0.1, -0.05) is 11.6 Å². The van der Waals surface area contributed by atoms with E-state index in [2.05, 4.69) is 4.98 Å². The summed E-state index contributed by atoms with van der Waals surface area (Å²) >= 11 is 6.07. The first kappa shape index (κ1) is 8.63. The minimum Gasteiger partial charge on any atom is -0.490 e. The van der Waals surface area contributed by atoms with E-state index in [-0.39, 0.29) is 0 Å². The molecule has 0 radical (unpaired) electrons. The van der Waals surface area contributed by atoms with E-state index in [1.54, 1.807) is 0 Å². The van der Waals surface area contributed by atoms with Gasteiger partial charge in [0, 0.05) is 5.56 Å². The highest BCUT2D eigenvalue weighted by atomic mass is 35.5. The number of hydrogen-bond donors (Lipinski definition) is 1. The monoisotopic (exact) mass is 198 g/mol. The van der Waals surface area contributed by atoms with Crippen LogP contribution in [0.25, 0.3) is 0 Å². The zero-order valence-electron chi connectivity index (χ0n) is 7.43. The van der Waals surface area contributed by atoms with Crippen molar-refractivity contribution in [2.24, 2.45) is 0 Å². The molecule has 0 bridgehead atoms. The molecule has 0 aromatic carbocycles. The first-order chi connectivity index (χ1) is 6.20. The highest BCUT2D eigenvalue weighted by molar-refractivity contribution is 6.33. The van der Waals surface area contributed by atoms with Gasteiger partial charge in [-0.2, -0.15) is 0 Å². The van der Waals surface area contributed by atoms with E-state index in [1.165, 1.54) is 0 Å². The van der Waals surface area contributed by atoms with Crippen LogP contribution in [0.2, 0.25) is 5.02 Å². The number of ether oxygens (including phenoxy) is 1. The van der Waals surface area contributed by atoms with Gasteiger partial charge in [-0.25, -0.2) is 4.98 Å². The first-order valence-electron chi connectivity index (χ1n) is 4.27. The highest BCUT2D eigenvalue weighted by Gasteiger charge is 2.18. The van der Waals surface area contributed by atoms with E-state index in [0.717, 1.165) is 36.5 Å². The van der Waals surface area contributed by atoms with Gasteiger partial charge in [-0.15, -0.1) is 0 Å².